The molecule has 0 aromatic heterocycles. The fourth-order valence-electron chi connectivity index (χ4n) is 1.49. The first-order valence-corrected chi connectivity index (χ1v) is 4.96. The second kappa shape index (κ2) is 4.14. The Bertz CT molecular complexity index is 414. The molecule has 0 amide bonds. The van der Waals surface area contributed by atoms with Gasteiger partial charge in [-0.3, -0.25) is 0 Å². The van der Waals surface area contributed by atoms with E-state index in [1.54, 1.807) is 0 Å². The highest BCUT2D eigenvalue weighted by molar-refractivity contribution is 5.95. The minimum absolute atomic E-state index is 0.249. The summed E-state index contributed by atoms with van der Waals surface area (Å²) in [5.74, 6) is 0.714. The maximum absolute atomic E-state index is 8.54. The van der Waals surface area contributed by atoms with Crippen molar-refractivity contribution < 1.29 is 4.74 Å². The molecule has 0 spiro atoms. The molecule has 2 rings (SSSR count). The lowest BCUT2D eigenvalue weighted by Gasteiger charge is -2.01. The third-order valence-corrected chi connectivity index (χ3v) is 2.28. The van der Waals surface area contributed by atoms with E-state index in [9.17, 15) is 0 Å². The Morgan fingerprint density at radius 3 is 2.73 bits per heavy atom. The van der Waals surface area contributed by atoms with Crippen LogP contribution in [-0.2, 0) is 11.2 Å². The number of ether oxygens (including phenoxy) is 1. The molecule has 3 nitrogen and oxygen atoms in total. The average molecular weight is 200 g/mol. The van der Waals surface area contributed by atoms with Crippen LogP contribution in [0.3, 0.4) is 0 Å². The summed E-state index contributed by atoms with van der Waals surface area (Å²) in [6.45, 7) is 2.69. The van der Waals surface area contributed by atoms with Gasteiger partial charge in [-0.1, -0.05) is 12.1 Å². The highest BCUT2D eigenvalue weighted by atomic mass is 16.5. The molecule has 1 aliphatic heterocycles. The molecule has 0 radical (unpaired) electrons. The summed E-state index contributed by atoms with van der Waals surface area (Å²) >= 11 is 0. The fourth-order valence-corrected chi connectivity index (χ4v) is 1.49. The van der Waals surface area contributed by atoms with Crippen molar-refractivity contribution in [2.24, 2.45) is 4.99 Å². The van der Waals surface area contributed by atoms with Crippen molar-refractivity contribution in [2.45, 2.75) is 19.4 Å². The van der Waals surface area contributed by atoms with Crippen LogP contribution in [0.4, 0.5) is 0 Å². The van der Waals surface area contributed by atoms with Gasteiger partial charge in [0, 0.05) is 5.56 Å². The number of nitrogens with zero attached hydrogens (tertiary/aromatic N) is 2. The molecular weight excluding hydrogens is 188 g/mol. The van der Waals surface area contributed by atoms with Crippen LogP contribution < -0.4 is 0 Å². The quantitative estimate of drug-likeness (QED) is 0.732. The van der Waals surface area contributed by atoms with E-state index in [1.807, 2.05) is 31.2 Å². The molecule has 1 atom stereocenters. The van der Waals surface area contributed by atoms with E-state index in [-0.39, 0.29) is 6.04 Å². The van der Waals surface area contributed by atoms with Gasteiger partial charge >= 0.3 is 0 Å². The highest BCUT2D eigenvalue weighted by Gasteiger charge is 2.15. The van der Waals surface area contributed by atoms with Gasteiger partial charge in [0.15, 0.2) is 0 Å². The van der Waals surface area contributed by atoms with Crippen LogP contribution in [0.2, 0.25) is 0 Å². The third-order valence-electron chi connectivity index (χ3n) is 2.28. The number of aliphatic imine (C=N–C) groups is 1. The van der Waals surface area contributed by atoms with Gasteiger partial charge in [0.2, 0.25) is 5.90 Å². The number of nitriles is 1. The van der Waals surface area contributed by atoms with E-state index >= 15 is 0 Å². The first-order chi connectivity index (χ1) is 7.29. The van der Waals surface area contributed by atoms with Crippen molar-refractivity contribution in [3.63, 3.8) is 0 Å². The van der Waals surface area contributed by atoms with Crippen molar-refractivity contribution >= 4 is 5.90 Å². The SMILES string of the molecule is CC1COC(c2ccc(CC#N)cc2)=N1. The van der Waals surface area contributed by atoms with Gasteiger partial charge < -0.3 is 4.74 Å². The molecule has 1 heterocycles. The number of rotatable bonds is 2. The molecule has 3 heteroatoms. The van der Waals surface area contributed by atoms with Gasteiger partial charge in [-0.05, 0) is 24.6 Å². The van der Waals surface area contributed by atoms with E-state index in [0.717, 1.165) is 11.1 Å². The van der Waals surface area contributed by atoms with E-state index in [4.69, 9.17) is 10.00 Å². The van der Waals surface area contributed by atoms with Gasteiger partial charge in [0.1, 0.15) is 6.61 Å². The molecular formula is C12H12N2O. The molecule has 0 fully saturated rings. The second-order valence-corrected chi connectivity index (χ2v) is 3.63. The van der Waals surface area contributed by atoms with Crippen molar-refractivity contribution in [1.82, 2.24) is 0 Å². The zero-order chi connectivity index (χ0) is 10.7. The molecule has 0 N–H and O–H groups in total. The normalized spacial score (nSPS) is 19.2. The lowest BCUT2D eigenvalue weighted by Crippen LogP contribution is -2.01. The molecule has 1 aliphatic rings. The van der Waals surface area contributed by atoms with Gasteiger partial charge in [-0.15, -0.1) is 0 Å². The molecule has 0 bridgehead atoms. The molecule has 0 saturated heterocycles. The van der Waals surface area contributed by atoms with E-state index in [1.165, 1.54) is 0 Å². The summed E-state index contributed by atoms with van der Waals surface area (Å²) in [5.41, 5.74) is 2.01. The Kier molecular flexibility index (Phi) is 2.68. The topological polar surface area (TPSA) is 45.4 Å². The largest absolute Gasteiger partial charge is 0.475 e. The predicted molar refractivity (Wildman–Crippen MR) is 57.7 cm³/mol. The smallest absolute Gasteiger partial charge is 0.216 e. The van der Waals surface area contributed by atoms with Crippen molar-refractivity contribution in [3.8, 4) is 6.07 Å². The highest BCUT2D eigenvalue weighted by Crippen LogP contribution is 2.12. The number of hydrogen-bond acceptors (Lipinski definition) is 3. The van der Waals surface area contributed by atoms with E-state index in [2.05, 4.69) is 11.1 Å². The third kappa shape index (κ3) is 2.16. The van der Waals surface area contributed by atoms with Crippen molar-refractivity contribution in [3.05, 3.63) is 35.4 Å². The molecule has 0 saturated carbocycles. The van der Waals surface area contributed by atoms with Crippen LogP contribution in [-0.4, -0.2) is 18.5 Å². The zero-order valence-corrected chi connectivity index (χ0v) is 8.60. The monoisotopic (exact) mass is 200 g/mol. The first kappa shape index (κ1) is 9.72. The van der Waals surface area contributed by atoms with Crippen molar-refractivity contribution in [1.29, 1.82) is 5.26 Å². The summed E-state index contributed by atoms with van der Waals surface area (Å²) < 4.78 is 5.44. The molecule has 1 aromatic rings. The van der Waals surface area contributed by atoms with Gasteiger partial charge in [0.05, 0.1) is 18.5 Å². The Morgan fingerprint density at radius 2 is 2.20 bits per heavy atom. The van der Waals surface area contributed by atoms with Crippen LogP contribution in [0.1, 0.15) is 18.1 Å². The van der Waals surface area contributed by atoms with Crippen LogP contribution >= 0.6 is 0 Å². The van der Waals surface area contributed by atoms with Crippen LogP contribution in [0.15, 0.2) is 29.3 Å². The number of hydrogen-bond donors (Lipinski definition) is 0. The summed E-state index contributed by atoms with van der Waals surface area (Å²) in [7, 11) is 0. The lowest BCUT2D eigenvalue weighted by molar-refractivity contribution is 0.324. The van der Waals surface area contributed by atoms with Gasteiger partial charge in [-0.25, -0.2) is 4.99 Å². The summed E-state index contributed by atoms with van der Waals surface area (Å²) in [6.07, 6.45) is 0.448. The second-order valence-electron chi connectivity index (χ2n) is 3.63. The van der Waals surface area contributed by atoms with Crippen LogP contribution in [0.25, 0.3) is 0 Å². The first-order valence-electron chi connectivity index (χ1n) is 4.96. The summed E-state index contributed by atoms with van der Waals surface area (Å²) in [6, 6.07) is 10.1. The maximum atomic E-state index is 8.54. The molecule has 15 heavy (non-hydrogen) atoms. The molecule has 76 valence electrons. The van der Waals surface area contributed by atoms with E-state index in [0.29, 0.717) is 18.9 Å². The van der Waals surface area contributed by atoms with Gasteiger partial charge in [-0.2, -0.15) is 5.26 Å². The van der Waals surface area contributed by atoms with Crippen molar-refractivity contribution in [2.75, 3.05) is 6.61 Å². The molecule has 0 aliphatic carbocycles. The maximum Gasteiger partial charge on any atom is 0.216 e. The Hall–Kier alpha value is -1.82. The summed E-state index contributed by atoms with van der Waals surface area (Å²) in [5, 5.41) is 8.54. The zero-order valence-electron chi connectivity index (χ0n) is 8.60. The van der Waals surface area contributed by atoms with E-state index < -0.39 is 0 Å². The minimum Gasteiger partial charge on any atom is -0.475 e. The van der Waals surface area contributed by atoms with Crippen LogP contribution in [0.5, 0.6) is 0 Å². The Balaban J connectivity index is 2.17. The lowest BCUT2D eigenvalue weighted by atomic mass is 10.1. The fraction of sp³-hybridized carbons (Fsp3) is 0.333. The predicted octanol–water partition coefficient (Wildman–Crippen LogP) is 1.92. The summed E-state index contributed by atoms with van der Waals surface area (Å²) in [4.78, 5) is 4.36. The minimum atomic E-state index is 0.249. The Labute approximate surface area is 89.0 Å². The molecule has 1 aromatic carbocycles. The Morgan fingerprint density at radius 1 is 1.47 bits per heavy atom. The van der Waals surface area contributed by atoms with Gasteiger partial charge in [0.25, 0.3) is 0 Å². The van der Waals surface area contributed by atoms with Crippen LogP contribution in [0, 0.1) is 11.3 Å². The number of benzene rings is 1. The average Bonchev–Trinajstić information content (AvgIpc) is 2.67. The standard InChI is InChI=1S/C12H12N2O/c1-9-8-15-12(14-9)11-4-2-10(3-5-11)6-7-13/h2-5,9H,6,8H2,1H3. The molecule has 1 unspecified atom stereocenters.